The Morgan fingerprint density at radius 3 is 2.45 bits per heavy atom. The van der Waals surface area contributed by atoms with Crippen molar-refractivity contribution in [2.24, 2.45) is 5.73 Å². The molecule has 0 bridgehead atoms. The maximum Gasteiger partial charge on any atom is 0.0895 e. The molecule has 2 atom stereocenters. The molecule has 20 heavy (non-hydrogen) atoms. The summed E-state index contributed by atoms with van der Waals surface area (Å²) in [5, 5.41) is 9.32. The lowest BCUT2D eigenvalue weighted by Crippen LogP contribution is -2.30. The van der Waals surface area contributed by atoms with Gasteiger partial charge in [-0.1, -0.05) is 0 Å². The Kier molecular flexibility index (Phi) is 10.4. The number of ether oxygens (including phenoxy) is 2. The van der Waals surface area contributed by atoms with Crippen LogP contribution >= 0.6 is 0 Å². The van der Waals surface area contributed by atoms with Crippen LogP contribution in [0, 0.1) is 0 Å². The zero-order valence-electron chi connectivity index (χ0n) is 13.9. The van der Waals surface area contributed by atoms with E-state index in [0.29, 0.717) is 6.61 Å². The molecule has 0 saturated heterocycles. The van der Waals surface area contributed by atoms with E-state index in [1.54, 1.807) is 0 Å². The van der Waals surface area contributed by atoms with Gasteiger partial charge >= 0.3 is 0 Å². The Labute approximate surface area is 124 Å². The van der Waals surface area contributed by atoms with E-state index in [9.17, 15) is 5.11 Å². The summed E-state index contributed by atoms with van der Waals surface area (Å²) in [4.78, 5) is 2.28. The van der Waals surface area contributed by atoms with Crippen LogP contribution in [0.4, 0.5) is 0 Å². The summed E-state index contributed by atoms with van der Waals surface area (Å²) in [6.45, 7) is 11.6. The van der Waals surface area contributed by atoms with Gasteiger partial charge < -0.3 is 25.2 Å². The Morgan fingerprint density at radius 2 is 1.90 bits per heavy atom. The van der Waals surface area contributed by atoms with Gasteiger partial charge in [-0.15, -0.1) is 0 Å². The van der Waals surface area contributed by atoms with E-state index in [2.05, 4.69) is 32.7 Å². The van der Waals surface area contributed by atoms with Crippen LogP contribution in [0.25, 0.3) is 0 Å². The minimum atomic E-state index is -0.551. The second-order valence-electron chi connectivity index (χ2n) is 6.44. The van der Waals surface area contributed by atoms with Crippen molar-refractivity contribution in [2.75, 3.05) is 39.9 Å². The van der Waals surface area contributed by atoms with E-state index in [1.165, 1.54) is 0 Å². The number of hydrogen-bond donors (Lipinski definition) is 2. The summed E-state index contributed by atoms with van der Waals surface area (Å²) in [5.74, 6) is 0. The van der Waals surface area contributed by atoms with Crippen LogP contribution in [-0.2, 0) is 9.47 Å². The molecule has 0 heterocycles. The van der Waals surface area contributed by atoms with Crippen molar-refractivity contribution < 1.29 is 14.6 Å². The number of hydrogen-bond acceptors (Lipinski definition) is 5. The van der Waals surface area contributed by atoms with E-state index in [0.717, 1.165) is 32.5 Å². The third kappa shape index (κ3) is 12.8. The van der Waals surface area contributed by atoms with Gasteiger partial charge in [-0.2, -0.15) is 0 Å². The maximum atomic E-state index is 9.32. The molecule has 0 rings (SSSR count). The second-order valence-corrected chi connectivity index (χ2v) is 6.44. The predicted octanol–water partition coefficient (Wildman–Crippen LogP) is 1.24. The lowest BCUT2D eigenvalue weighted by Gasteiger charge is -2.22. The fourth-order valence-electron chi connectivity index (χ4n) is 1.65. The zero-order chi connectivity index (χ0) is 15.6. The first-order valence-corrected chi connectivity index (χ1v) is 7.57. The van der Waals surface area contributed by atoms with Crippen LogP contribution in [0.1, 0.15) is 40.5 Å². The van der Waals surface area contributed by atoms with Gasteiger partial charge in [0.1, 0.15) is 0 Å². The summed E-state index contributed by atoms with van der Waals surface area (Å²) in [6, 6.07) is 0. The van der Waals surface area contributed by atoms with Gasteiger partial charge in [0, 0.05) is 26.2 Å². The van der Waals surface area contributed by atoms with Crippen LogP contribution in [0.3, 0.4) is 0 Å². The molecule has 0 aliphatic heterocycles. The van der Waals surface area contributed by atoms with Crippen molar-refractivity contribution in [3.63, 3.8) is 0 Å². The quantitative estimate of drug-likeness (QED) is 0.560. The minimum Gasteiger partial charge on any atom is -0.389 e. The average molecular weight is 290 g/mol. The van der Waals surface area contributed by atoms with E-state index in [1.807, 2.05) is 6.92 Å². The highest BCUT2D eigenvalue weighted by molar-refractivity contribution is 4.61. The first kappa shape index (κ1) is 19.8. The van der Waals surface area contributed by atoms with Gasteiger partial charge in [0.15, 0.2) is 0 Å². The molecule has 5 heteroatoms. The van der Waals surface area contributed by atoms with Gasteiger partial charge in [-0.05, 0) is 47.6 Å². The molecule has 2 unspecified atom stereocenters. The van der Waals surface area contributed by atoms with E-state index in [-0.39, 0.29) is 18.2 Å². The highest BCUT2D eigenvalue weighted by Crippen LogP contribution is 2.07. The summed E-state index contributed by atoms with van der Waals surface area (Å²) >= 11 is 0. The Balaban J connectivity index is 3.54. The number of rotatable bonds is 11. The van der Waals surface area contributed by atoms with Crippen LogP contribution in [-0.4, -0.2) is 67.7 Å². The standard InChI is InChI=1S/C15H34N2O3/c1-13(19-12-14(18)11-16)7-9-17(5)8-6-10-20-15(2,3)4/h13-14,18H,6-12,16H2,1-5H3. The molecular formula is C15H34N2O3. The highest BCUT2D eigenvalue weighted by atomic mass is 16.5. The molecule has 0 aromatic carbocycles. The van der Waals surface area contributed by atoms with E-state index in [4.69, 9.17) is 15.2 Å². The molecule has 3 N–H and O–H groups in total. The molecule has 0 aromatic heterocycles. The van der Waals surface area contributed by atoms with Crippen molar-refractivity contribution in [1.82, 2.24) is 4.90 Å². The zero-order valence-corrected chi connectivity index (χ0v) is 13.9. The maximum absolute atomic E-state index is 9.32. The number of aliphatic hydroxyl groups is 1. The van der Waals surface area contributed by atoms with E-state index < -0.39 is 6.10 Å². The molecule has 5 nitrogen and oxygen atoms in total. The third-order valence-electron chi connectivity index (χ3n) is 2.98. The van der Waals surface area contributed by atoms with Gasteiger partial charge in [0.05, 0.1) is 24.4 Å². The Morgan fingerprint density at radius 1 is 1.25 bits per heavy atom. The molecule has 122 valence electrons. The van der Waals surface area contributed by atoms with Crippen molar-refractivity contribution in [1.29, 1.82) is 0 Å². The fourth-order valence-corrected chi connectivity index (χ4v) is 1.65. The minimum absolute atomic E-state index is 0.0508. The largest absolute Gasteiger partial charge is 0.389 e. The number of nitrogens with zero attached hydrogens (tertiary/aromatic N) is 1. The van der Waals surface area contributed by atoms with Crippen LogP contribution in [0.15, 0.2) is 0 Å². The first-order chi connectivity index (χ1) is 9.24. The molecule has 0 aliphatic rings. The van der Waals surface area contributed by atoms with Gasteiger partial charge in [-0.3, -0.25) is 0 Å². The topological polar surface area (TPSA) is 68.0 Å². The third-order valence-corrected chi connectivity index (χ3v) is 2.98. The monoisotopic (exact) mass is 290 g/mol. The van der Waals surface area contributed by atoms with Crippen molar-refractivity contribution in [2.45, 2.75) is 58.3 Å². The number of aliphatic hydroxyl groups excluding tert-OH is 1. The SMILES string of the molecule is CC(CCN(C)CCCOC(C)(C)C)OCC(O)CN. The molecular weight excluding hydrogens is 256 g/mol. The molecule has 0 spiro atoms. The lowest BCUT2D eigenvalue weighted by molar-refractivity contribution is -0.0102. The molecule has 0 fully saturated rings. The van der Waals surface area contributed by atoms with E-state index >= 15 is 0 Å². The van der Waals surface area contributed by atoms with Crippen LogP contribution in [0.5, 0.6) is 0 Å². The lowest BCUT2D eigenvalue weighted by atomic mass is 10.2. The molecule has 0 aromatic rings. The fraction of sp³-hybridized carbons (Fsp3) is 1.00. The summed E-state index contributed by atoms with van der Waals surface area (Å²) in [5.41, 5.74) is 5.28. The van der Waals surface area contributed by atoms with Crippen molar-refractivity contribution in [3.05, 3.63) is 0 Å². The van der Waals surface area contributed by atoms with Crippen LogP contribution in [0.2, 0.25) is 0 Å². The first-order valence-electron chi connectivity index (χ1n) is 7.57. The second kappa shape index (κ2) is 10.5. The highest BCUT2D eigenvalue weighted by Gasteiger charge is 2.10. The summed E-state index contributed by atoms with van der Waals surface area (Å²) in [6.07, 6.45) is 1.58. The van der Waals surface area contributed by atoms with Crippen molar-refractivity contribution in [3.8, 4) is 0 Å². The molecule has 0 amide bonds. The van der Waals surface area contributed by atoms with Crippen LogP contribution < -0.4 is 5.73 Å². The smallest absolute Gasteiger partial charge is 0.0895 e. The summed E-state index contributed by atoms with van der Waals surface area (Å²) < 4.78 is 11.2. The van der Waals surface area contributed by atoms with Crippen molar-refractivity contribution >= 4 is 0 Å². The normalized spacial score (nSPS) is 15.6. The molecule has 0 aliphatic carbocycles. The van der Waals surface area contributed by atoms with Gasteiger partial charge in [0.2, 0.25) is 0 Å². The number of nitrogens with two attached hydrogens (primary N) is 1. The molecule has 0 saturated carbocycles. The average Bonchev–Trinajstić information content (AvgIpc) is 2.37. The van der Waals surface area contributed by atoms with Gasteiger partial charge in [-0.25, -0.2) is 0 Å². The molecule has 0 radical (unpaired) electrons. The van der Waals surface area contributed by atoms with Gasteiger partial charge in [0.25, 0.3) is 0 Å². The predicted molar refractivity (Wildman–Crippen MR) is 82.9 cm³/mol. The summed E-state index contributed by atoms with van der Waals surface area (Å²) in [7, 11) is 2.11. The Bertz CT molecular complexity index is 232. The Hall–Kier alpha value is -0.200.